The summed E-state index contributed by atoms with van der Waals surface area (Å²) in [7, 11) is -2.20. The molecule has 0 unspecified atom stereocenters. The maximum Gasteiger partial charge on any atom is 0.245 e. The van der Waals surface area contributed by atoms with Gasteiger partial charge in [0.25, 0.3) is 0 Å². The van der Waals surface area contributed by atoms with E-state index in [0.717, 1.165) is 16.9 Å². The van der Waals surface area contributed by atoms with Gasteiger partial charge in [-0.05, 0) is 30.2 Å². The molecule has 8 heteroatoms. The summed E-state index contributed by atoms with van der Waals surface area (Å²) in [5.41, 5.74) is 0.855. The smallest absolute Gasteiger partial charge is 0.207 e. The van der Waals surface area contributed by atoms with Crippen molar-refractivity contribution >= 4 is 44.6 Å². The van der Waals surface area contributed by atoms with Gasteiger partial charge in [-0.2, -0.15) is 0 Å². The third-order valence-electron chi connectivity index (χ3n) is 2.94. The lowest BCUT2D eigenvalue weighted by molar-refractivity contribution is 0.472. The van der Waals surface area contributed by atoms with E-state index in [0.29, 0.717) is 10.8 Å². The van der Waals surface area contributed by atoms with Gasteiger partial charge in [0, 0.05) is 13.6 Å². The molecule has 0 saturated heterocycles. The maximum atomic E-state index is 12.8. The van der Waals surface area contributed by atoms with Gasteiger partial charge in [0.05, 0.1) is 4.34 Å². The van der Waals surface area contributed by atoms with Crippen LogP contribution in [0.15, 0.2) is 35.2 Å². The molecule has 0 aliphatic carbocycles. The van der Waals surface area contributed by atoms with Gasteiger partial charge in [0.15, 0.2) is 0 Å². The zero-order chi connectivity index (χ0) is 15.6. The Bertz CT molecular complexity index is 729. The molecule has 0 aliphatic heterocycles. The summed E-state index contributed by atoms with van der Waals surface area (Å²) in [4.78, 5) is 0.0146. The van der Waals surface area contributed by atoms with Crippen molar-refractivity contribution in [2.75, 3.05) is 13.6 Å². The second-order valence-corrected chi connectivity index (χ2v) is 8.69. The second-order valence-electron chi connectivity index (χ2n) is 4.39. The molecular formula is C13H12Cl2FNO2S2. The van der Waals surface area contributed by atoms with Gasteiger partial charge in [-0.15, -0.1) is 11.3 Å². The van der Waals surface area contributed by atoms with E-state index in [4.69, 9.17) is 23.2 Å². The Morgan fingerprint density at radius 1 is 1.24 bits per heavy atom. The fraction of sp³-hybridized carbons (Fsp3) is 0.231. The molecule has 1 heterocycles. The Labute approximate surface area is 137 Å². The summed E-state index contributed by atoms with van der Waals surface area (Å²) in [5, 5.41) is 0. The van der Waals surface area contributed by atoms with Crippen molar-refractivity contribution < 1.29 is 12.8 Å². The lowest BCUT2D eigenvalue weighted by Gasteiger charge is -2.16. The zero-order valence-electron chi connectivity index (χ0n) is 11.0. The number of hydrogen-bond acceptors (Lipinski definition) is 3. The van der Waals surface area contributed by atoms with Crippen LogP contribution in [0.25, 0.3) is 0 Å². The van der Waals surface area contributed by atoms with Crippen LogP contribution in [0.1, 0.15) is 5.56 Å². The first kappa shape index (κ1) is 16.7. The molecule has 0 bridgehead atoms. The Kier molecular flexibility index (Phi) is 5.27. The maximum absolute atomic E-state index is 12.8. The lowest BCUT2D eigenvalue weighted by Crippen LogP contribution is -2.28. The first-order valence-corrected chi connectivity index (χ1v) is 8.97. The summed E-state index contributed by atoms with van der Waals surface area (Å²) < 4.78 is 39.2. The minimum atomic E-state index is -3.67. The predicted octanol–water partition coefficient (Wildman–Crippen LogP) is 4.06. The van der Waals surface area contributed by atoms with Gasteiger partial charge in [-0.3, -0.25) is 0 Å². The highest BCUT2D eigenvalue weighted by Crippen LogP contribution is 2.35. The Morgan fingerprint density at radius 2 is 1.86 bits per heavy atom. The molecule has 21 heavy (non-hydrogen) atoms. The minimum absolute atomic E-state index is 0.0146. The molecule has 0 atom stereocenters. The second kappa shape index (κ2) is 6.62. The van der Waals surface area contributed by atoms with Gasteiger partial charge in [0.2, 0.25) is 10.0 Å². The summed E-state index contributed by atoms with van der Waals surface area (Å²) in [5.74, 6) is -0.320. The quantitative estimate of drug-likeness (QED) is 0.798. The number of nitrogens with zero attached hydrogens (tertiary/aromatic N) is 1. The van der Waals surface area contributed by atoms with Crippen LogP contribution in [0.2, 0.25) is 8.67 Å². The van der Waals surface area contributed by atoms with E-state index in [1.54, 1.807) is 12.1 Å². The molecule has 0 aliphatic rings. The highest BCUT2D eigenvalue weighted by Gasteiger charge is 2.25. The average molecular weight is 368 g/mol. The number of rotatable bonds is 5. The molecule has 2 rings (SSSR count). The zero-order valence-corrected chi connectivity index (χ0v) is 14.2. The van der Waals surface area contributed by atoms with Crippen molar-refractivity contribution in [3.05, 3.63) is 50.4 Å². The van der Waals surface area contributed by atoms with E-state index in [9.17, 15) is 12.8 Å². The standard InChI is InChI=1S/C13H12Cl2FNO2S2/c1-17(7-6-9-2-4-10(16)5-3-9)21(18,19)11-8-12(14)20-13(11)15/h2-5,8H,6-7H2,1H3. The molecule has 1 aromatic heterocycles. The fourth-order valence-corrected chi connectivity index (χ4v) is 5.01. The molecule has 114 valence electrons. The molecule has 3 nitrogen and oxygen atoms in total. The van der Waals surface area contributed by atoms with Gasteiger partial charge in [-0.25, -0.2) is 17.1 Å². The van der Waals surface area contributed by atoms with Crippen molar-refractivity contribution in [3.8, 4) is 0 Å². The molecule has 0 fully saturated rings. The molecule has 2 aromatic rings. The number of halogens is 3. The average Bonchev–Trinajstić information content (AvgIpc) is 2.77. The molecule has 0 spiro atoms. The van der Waals surface area contributed by atoms with E-state index in [-0.39, 0.29) is 21.6 Å². The number of thiophene rings is 1. The summed E-state index contributed by atoms with van der Waals surface area (Å²) in [6.45, 7) is 0.262. The van der Waals surface area contributed by atoms with Crippen LogP contribution in [0.5, 0.6) is 0 Å². The first-order valence-electron chi connectivity index (χ1n) is 5.96. The van der Waals surface area contributed by atoms with Crippen molar-refractivity contribution in [2.24, 2.45) is 0 Å². The van der Waals surface area contributed by atoms with Gasteiger partial charge in [-0.1, -0.05) is 35.3 Å². The third-order valence-corrected chi connectivity index (χ3v) is 6.55. The fourth-order valence-electron chi connectivity index (χ4n) is 1.73. The van der Waals surface area contributed by atoms with Crippen LogP contribution in [-0.2, 0) is 16.4 Å². The van der Waals surface area contributed by atoms with Gasteiger partial charge >= 0.3 is 0 Å². The number of hydrogen-bond donors (Lipinski definition) is 0. The highest BCUT2D eigenvalue weighted by molar-refractivity contribution is 7.89. The van der Waals surface area contributed by atoms with E-state index in [1.807, 2.05) is 0 Å². The van der Waals surface area contributed by atoms with E-state index in [1.165, 1.54) is 29.6 Å². The van der Waals surface area contributed by atoms with Crippen LogP contribution >= 0.6 is 34.5 Å². The molecular weight excluding hydrogens is 356 g/mol. The normalized spacial score (nSPS) is 12.0. The van der Waals surface area contributed by atoms with Crippen LogP contribution < -0.4 is 0 Å². The molecule has 1 aromatic carbocycles. The predicted molar refractivity (Wildman–Crippen MR) is 84.3 cm³/mol. The topological polar surface area (TPSA) is 37.4 Å². The van der Waals surface area contributed by atoms with Crippen LogP contribution in [0.4, 0.5) is 4.39 Å². The van der Waals surface area contributed by atoms with Crippen molar-refractivity contribution in [1.29, 1.82) is 0 Å². The molecule has 0 saturated carbocycles. The van der Waals surface area contributed by atoms with Gasteiger partial charge in [0.1, 0.15) is 15.0 Å². The van der Waals surface area contributed by atoms with Crippen LogP contribution in [-0.4, -0.2) is 26.3 Å². The molecule has 0 N–H and O–H groups in total. The minimum Gasteiger partial charge on any atom is -0.207 e. The Hall–Kier alpha value is -0.660. The highest BCUT2D eigenvalue weighted by atomic mass is 35.5. The van der Waals surface area contributed by atoms with E-state index < -0.39 is 10.0 Å². The first-order chi connectivity index (χ1) is 9.80. The lowest BCUT2D eigenvalue weighted by atomic mass is 10.1. The third kappa shape index (κ3) is 3.96. The SMILES string of the molecule is CN(CCc1ccc(F)cc1)S(=O)(=O)c1cc(Cl)sc1Cl. The summed E-state index contributed by atoms with van der Waals surface area (Å²) >= 11 is 12.7. The number of likely N-dealkylation sites (N-methyl/N-ethyl adjacent to an activating group) is 1. The van der Waals surface area contributed by atoms with Crippen molar-refractivity contribution in [1.82, 2.24) is 4.31 Å². The van der Waals surface area contributed by atoms with Crippen LogP contribution in [0, 0.1) is 5.82 Å². The molecule has 0 amide bonds. The molecule has 0 radical (unpaired) electrons. The Balaban J connectivity index is 2.10. The number of benzene rings is 1. The van der Waals surface area contributed by atoms with Crippen LogP contribution in [0.3, 0.4) is 0 Å². The van der Waals surface area contributed by atoms with Crippen molar-refractivity contribution in [3.63, 3.8) is 0 Å². The van der Waals surface area contributed by atoms with E-state index >= 15 is 0 Å². The largest absolute Gasteiger partial charge is 0.245 e. The summed E-state index contributed by atoms with van der Waals surface area (Å²) in [6, 6.07) is 7.30. The monoisotopic (exact) mass is 367 g/mol. The van der Waals surface area contributed by atoms with Crippen molar-refractivity contribution in [2.45, 2.75) is 11.3 Å². The van der Waals surface area contributed by atoms with Gasteiger partial charge < -0.3 is 0 Å². The van der Waals surface area contributed by atoms with E-state index in [2.05, 4.69) is 0 Å². The summed E-state index contributed by atoms with van der Waals surface area (Å²) in [6.07, 6.45) is 0.478. The number of sulfonamides is 1. The Morgan fingerprint density at radius 3 is 2.38 bits per heavy atom.